The van der Waals surface area contributed by atoms with Gasteiger partial charge in [0.2, 0.25) is 0 Å². The number of rotatable bonds is 4. The Balaban J connectivity index is 2.57. The first-order valence-corrected chi connectivity index (χ1v) is 5.28. The van der Waals surface area contributed by atoms with Crippen LogP contribution in [0.3, 0.4) is 0 Å². The second-order valence-corrected chi connectivity index (χ2v) is 3.89. The number of hydrogen-bond donors (Lipinski definition) is 4. The van der Waals surface area contributed by atoms with Crippen molar-refractivity contribution in [3.63, 3.8) is 0 Å². The molecular formula is C9H12Cl2N4O. The Bertz CT molecular complexity index is 374. The Morgan fingerprint density at radius 1 is 1.25 bits per heavy atom. The predicted molar refractivity (Wildman–Crippen MR) is 67.0 cm³/mol. The van der Waals surface area contributed by atoms with Crippen LogP contribution in [0.25, 0.3) is 0 Å². The van der Waals surface area contributed by atoms with Gasteiger partial charge in [0.15, 0.2) is 0 Å². The lowest BCUT2D eigenvalue weighted by Crippen LogP contribution is -2.33. The van der Waals surface area contributed by atoms with Gasteiger partial charge in [0, 0.05) is 18.8 Å². The van der Waals surface area contributed by atoms with Crippen LogP contribution < -0.4 is 22.1 Å². The molecule has 0 aliphatic heterocycles. The van der Waals surface area contributed by atoms with E-state index in [2.05, 4.69) is 10.6 Å². The molecule has 0 saturated carbocycles. The van der Waals surface area contributed by atoms with E-state index in [9.17, 15) is 4.79 Å². The van der Waals surface area contributed by atoms with E-state index in [1.54, 1.807) is 12.1 Å². The summed E-state index contributed by atoms with van der Waals surface area (Å²) in [6.07, 6.45) is 0. The Labute approximate surface area is 103 Å². The topological polar surface area (TPSA) is 93.2 Å². The lowest BCUT2D eigenvalue weighted by atomic mass is 10.3. The van der Waals surface area contributed by atoms with Gasteiger partial charge in [-0.15, -0.1) is 0 Å². The number of nitrogen functional groups attached to an aromatic ring is 1. The molecule has 0 unspecified atom stereocenters. The number of urea groups is 1. The first-order chi connectivity index (χ1) is 7.50. The van der Waals surface area contributed by atoms with Gasteiger partial charge < -0.3 is 22.1 Å². The van der Waals surface area contributed by atoms with Gasteiger partial charge in [0.25, 0.3) is 0 Å². The maximum atomic E-state index is 10.4. The molecule has 0 atom stereocenters. The Morgan fingerprint density at radius 3 is 2.31 bits per heavy atom. The average molecular weight is 263 g/mol. The summed E-state index contributed by atoms with van der Waals surface area (Å²) in [5.41, 5.74) is 11.5. The molecule has 0 aliphatic rings. The van der Waals surface area contributed by atoms with E-state index in [4.69, 9.17) is 34.7 Å². The smallest absolute Gasteiger partial charge is 0.312 e. The highest BCUT2D eigenvalue weighted by Crippen LogP contribution is 2.32. The first kappa shape index (κ1) is 12.7. The molecule has 16 heavy (non-hydrogen) atoms. The Morgan fingerprint density at radius 2 is 1.81 bits per heavy atom. The van der Waals surface area contributed by atoms with Crippen LogP contribution in [0, 0.1) is 0 Å². The minimum absolute atomic E-state index is 0.381. The molecule has 0 bridgehead atoms. The monoisotopic (exact) mass is 262 g/mol. The zero-order valence-electron chi connectivity index (χ0n) is 8.39. The van der Waals surface area contributed by atoms with Gasteiger partial charge in [0.05, 0.1) is 15.7 Å². The van der Waals surface area contributed by atoms with Crippen molar-refractivity contribution < 1.29 is 4.79 Å². The third kappa shape index (κ3) is 3.67. The highest BCUT2D eigenvalue weighted by Gasteiger charge is 2.06. The molecule has 1 rings (SSSR count). The quantitative estimate of drug-likeness (QED) is 0.491. The second kappa shape index (κ2) is 5.67. The third-order valence-corrected chi connectivity index (χ3v) is 2.39. The van der Waals surface area contributed by atoms with Crippen LogP contribution in [0.1, 0.15) is 0 Å². The van der Waals surface area contributed by atoms with Crippen molar-refractivity contribution in [1.29, 1.82) is 0 Å². The van der Waals surface area contributed by atoms with Crippen molar-refractivity contribution in [2.45, 2.75) is 0 Å². The van der Waals surface area contributed by atoms with Crippen LogP contribution in [-0.2, 0) is 0 Å². The fourth-order valence-corrected chi connectivity index (χ4v) is 1.77. The van der Waals surface area contributed by atoms with Gasteiger partial charge in [-0.3, -0.25) is 0 Å². The van der Waals surface area contributed by atoms with E-state index < -0.39 is 6.03 Å². The molecule has 0 fully saturated rings. The van der Waals surface area contributed by atoms with Crippen LogP contribution in [0.15, 0.2) is 12.1 Å². The number of hydrogen-bond acceptors (Lipinski definition) is 3. The maximum absolute atomic E-state index is 10.4. The molecule has 0 radical (unpaired) electrons. The molecule has 5 nitrogen and oxygen atoms in total. The first-order valence-electron chi connectivity index (χ1n) is 4.52. The molecule has 1 aromatic rings. The summed E-state index contributed by atoms with van der Waals surface area (Å²) in [5.74, 6) is 0. The van der Waals surface area contributed by atoms with E-state index in [1.807, 2.05) is 0 Å². The Kier molecular flexibility index (Phi) is 4.52. The largest absolute Gasteiger partial charge is 0.399 e. The molecule has 88 valence electrons. The van der Waals surface area contributed by atoms with Gasteiger partial charge in [-0.25, -0.2) is 4.79 Å². The number of amides is 2. The second-order valence-electron chi connectivity index (χ2n) is 3.08. The van der Waals surface area contributed by atoms with Crippen molar-refractivity contribution in [2.75, 3.05) is 24.1 Å². The zero-order chi connectivity index (χ0) is 12.1. The standard InChI is InChI=1S/C9H12Cl2N4O/c10-6-3-5(12)4-7(11)8(6)14-1-2-15-9(13)16/h3-4,14H,1-2,12H2,(H3,13,15,16). The minimum atomic E-state index is -0.573. The van der Waals surface area contributed by atoms with E-state index >= 15 is 0 Å². The lowest BCUT2D eigenvalue weighted by Gasteiger charge is -2.11. The number of primary amides is 1. The summed E-state index contributed by atoms with van der Waals surface area (Å²) in [7, 11) is 0. The molecular weight excluding hydrogens is 251 g/mol. The average Bonchev–Trinajstić information content (AvgIpc) is 2.14. The number of nitrogens with one attached hydrogen (secondary N) is 2. The summed E-state index contributed by atoms with van der Waals surface area (Å²) in [6, 6.07) is 2.62. The molecule has 0 aliphatic carbocycles. The molecule has 0 aromatic heterocycles. The van der Waals surface area contributed by atoms with Crippen LogP contribution in [-0.4, -0.2) is 19.1 Å². The Hall–Kier alpha value is -1.33. The summed E-state index contributed by atoms with van der Waals surface area (Å²) in [6.45, 7) is 0.846. The van der Waals surface area contributed by atoms with Gasteiger partial charge in [-0.1, -0.05) is 23.2 Å². The number of nitrogens with two attached hydrogens (primary N) is 2. The van der Waals surface area contributed by atoms with Gasteiger partial charge >= 0.3 is 6.03 Å². The zero-order valence-corrected chi connectivity index (χ0v) is 9.90. The van der Waals surface area contributed by atoms with E-state index in [1.165, 1.54) is 0 Å². The van der Waals surface area contributed by atoms with Crippen molar-refractivity contribution >= 4 is 40.6 Å². The van der Waals surface area contributed by atoms with E-state index in [0.717, 1.165) is 0 Å². The van der Waals surface area contributed by atoms with Crippen LogP contribution in [0.5, 0.6) is 0 Å². The molecule has 0 heterocycles. The highest BCUT2D eigenvalue weighted by molar-refractivity contribution is 6.39. The molecule has 0 saturated heterocycles. The third-order valence-electron chi connectivity index (χ3n) is 1.79. The molecule has 1 aromatic carbocycles. The summed E-state index contributed by atoms with van der Waals surface area (Å²) in [4.78, 5) is 10.4. The number of anilines is 2. The highest BCUT2D eigenvalue weighted by atomic mass is 35.5. The van der Waals surface area contributed by atoms with Crippen LogP contribution in [0.4, 0.5) is 16.2 Å². The van der Waals surface area contributed by atoms with Crippen molar-refractivity contribution in [3.8, 4) is 0 Å². The number of carbonyl (C=O) groups excluding carboxylic acids is 1. The predicted octanol–water partition coefficient (Wildman–Crippen LogP) is 1.66. The molecule has 7 heteroatoms. The SMILES string of the molecule is NC(=O)NCCNc1c(Cl)cc(N)cc1Cl. The normalized spacial score (nSPS) is 9.88. The summed E-state index contributed by atoms with van der Waals surface area (Å²) in [5, 5.41) is 6.27. The van der Waals surface area contributed by atoms with Crippen LogP contribution in [0.2, 0.25) is 10.0 Å². The van der Waals surface area contributed by atoms with E-state index in [0.29, 0.717) is 34.5 Å². The fraction of sp³-hybridized carbons (Fsp3) is 0.222. The van der Waals surface area contributed by atoms with Crippen molar-refractivity contribution in [1.82, 2.24) is 5.32 Å². The maximum Gasteiger partial charge on any atom is 0.312 e. The van der Waals surface area contributed by atoms with Gasteiger partial charge in [-0.2, -0.15) is 0 Å². The van der Waals surface area contributed by atoms with Crippen molar-refractivity contribution in [3.05, 3.63) is 22.2 Å². The fourth-order valence-electron chi connectivity index (χ4n) is 1.13. The van der Waals surface area contributed by atoms with Gasteiger partial charge in [-0.05, 0) is 12.1 Å². The van der Waals surface area contributed by atoms with Crippen molar-refractivity contribution in [2.24, 2.45) is 5.73 Å². The van der Waals surface area contributed by atoms with Gasteiger partial charge in [0.1, 0.15) is 0 Å². The van der Waals surface area contributed by atoms with E-state index in [-0.39, 0.29) is 0 Å². The molecule has 2 amide bonds. The molecule has 0 spiro atoms. The number of benzene rings is 1. The number of carbonyl (C=O) groups is 1. The van der Waals surface area contributed by atoms with Crippen LogP contribution >= 0.6 is 23.2 Å². The summed E-state index contributed by atoms with van der Waals surface area (Å²) >= 11 is 11.9. The lowest BCUT2D eigenvalue weighted by molar-refractivity contribution is 0.249. The summed E-state index contributed by atoms with van der Waals surface area (Å²) < 4.78 is 0. The number of halogens is 2. The molecule has 6 N–H and O–H groups in total. The minimum Gasteiger partial charge on any atom is -0.399 e.